The predicted molar refractivity (Wildman–Crippen MR) is 107 cm³/mol. The van der Waals surface area contributed by atoms with E-state index in [4.69, 9.17) is 16.6 Å². The number of pyridine rings is 2. The van der Waals surface area contributed by atoms with E-state index in [0.29, 0.717) is 15.9 Å². The summed E-state index contributed by atoms with van der Waals surface area (Å²) < 4.78 is 1.35. The standard InChI is InChI=1S/C9H9BrN2.C8H8BrN3/c1-2-8(10)9(11)7-4-3-5-12-6-7;9-7(4-10)8(11)6-2-1-3-12-5-6/h2-6,11H,1H3;1-5,10H,11H2/b8-2+,11-9?;. The van der Waals surface area contributed by atoms with E-state index >= 15 is 0 Å². The highest BCUT2D eigenvalue weighted by molar-refractivity contribution is 9.12. The summed E-state index contributed by atoms with van der Waals surface area (Å²) in [6.07, 6.45) is 9.69. The third-order valence-electron chi connectivity index (χ3n) is 2.80. The Morgan fingerprint density at radius 1 is 1.08 bits per heavy atom. The van der Waals surface area contributed by atoms with Crippen LogP contribution in [0.15, 0.2) is 64.1 Å². The zero-order valence-corrected chi connectivity index (χ0v) is 16.2. The summed E-state index contributed by atoms with van der Waals surface area (Å²) in [5, 5.41) is 14.6. The van der Waals surface area contributed by atoms with E-state index in [1.807, 2.05) is 31.2 Å². The molecule has 2 heterocycles. The van der Waals surface area contributed by atoms with Gasteiger partial charge in [0.15, 0.2) is 0 Å². The molecular formula is C17H17Br2N5. The molecule has 0 aromatic carbocycles. The summed E-state index contributed by atoms with van der Waals surface area (Å²) in [6, 6.07) is 7.32. The minimum absolute atomic E-state index is 0.464. The number of aromatic nitrogens is 2. The Balaban J connectivity index is 0.000000240. The van der Waals surface area contributed by atoms with Crippen LogP contribution in [0, 0.1) is 10.8 Å². The minimum atomic E-state index is 0.464. The highest BCUT2D eigenvalue weighted by atomic mass is 79.9. The molecule has 2 aromatic heterocycles. The number of nitrogens with one attached hydrogen (secondary N) is 2. The molecule has 0 aliphatic heterocycles. The van der Waals surface area contributed by atoms with Gasteiger partial charge in [0, 0.05) is 46.6 Å². The van der Waals surface area contributed by atoms with Gasteiger partial charge in [0.1, 0.15) is 0 Å². The Hall–Kier alpha value is -2.12. The van der Waals surface area contributed by atoms with Crippen molar-refractivity contribution in [2.45, 2.75) is 6.92 Å². The maximum absolute atomic E-state index is 7.68. The van der Waals surface area contributed by atoms with Crippen LogP contribution in [-0.2, 0) is 0 Å². The van der Waals surface area contributed by atoms with Gasteiger partial charge in [-0.1, -0.05) is 6.08 Å². The first-order valence-electron chi connectivity index (χ1n) is 6.88. The van der Waals surface area contributed by atoms with Crippen molar-refractivity contribution >= 4 is 49.5 Å². The largest absolute Gasteiger partial charge is 0.397 e. The molecule has 7 heteroatoms. The monoisotopic (exact) mass is 449 g/mol. The molecular weight excluding hydrogens is 434 g/mol. The fourth-order valence-corrected chi connectivity index (χ4v) is 1.99. The molecule has 4 N–H and O–H groups in total. The molecule has 2 aromatic rings. The van der Waals surface area contributed by atoms with Crippen molar-refractivity contribution < 1.29 is 0 Å². The average Bonchev–Trinajstić information content (AvgIpc) is 2.67. The fraction of sp³-hybridized carbons (Fsp3) is 0.0588. The summed E-state index contributed by atoms with van der Waals surface area (Å²) in [7, 11) is 0. The molecule has 0 saturated carbocycles. The normalized spacial score (nSPS) is 11.7. The Morgan fingerprint density at radius 2 is 1.62 bits per heavy atom. The number of halogens is 2. The van der Waals surface area contributed by atoms with E-state index in [9.17, 15) is 0 Å². The van der Waals surface area contributed by atoms with E-state index in [2.05, 4.69) is 41.8 Å². The summed E-state index contributed by atoms with van der Waals surface area (Å²) in [5.74, 6) is 0. The molecule has 0 atom stereocenters. The van der Waals surface area contributed by atoms with E-state index in [0.717, 1.165) is 21.8 Å². The second-order valence-electron chi connectivity index (χ2n) is 4.40. The lowest BCUT2D eigenvalue weighted by Crippen LogP contribution is -1.99. The van der Waals surface area contributed by atoms with Gasteiger partial charge < -0.3 is 11.1 Å². The van der Waals surface area contributed by atoms with Crippen molar-refractivity contribution in [2.24, 2.45) is 5.73 Å². The summed E-state index contributed by atoms with van der Waals surface area (Å²) >= 11 is 6.45. The zero-order chi connectivity index (χ0) is 17.9. The number of nitrogens with zero attached hydrogens (tertiary/aromatic N) is 2. The molecule has 0 aliphatic carbocycles. The average molecular weight is 451 g/mol. The van der Waals surface area contributed by atoms with Crippen LogP contribution in [0.3, 0.4) is 0 Å². The van der Waals surface area contributed by atoms with Crippen LogP contribution in [0.1, 0.15) is 18.1 Å². The quantitative estimate of drug-likeness (QED) is 0.597. The number of allylic oxidation sites excluding steroid dienone is 3. The topological polar surface area (TPSA) is 99.5 Å². The van der Waals surface area contributed by atoms with Gasteiger partial charge in [-0.15, -0.1) is 0 Å². The molecule has 0 bridgehead atoms. The molecule has 0 radical (unpaired) electrons. The van der Waals surface area contributed by atoms with Crippen LogP contribution >= 0.6 is 31.9 Å². The first-order valence-corrected chi connectivity index (χ1v) is 8.47. The molecule has 0 aliphatic rings. The zero-order valence-electron chi connectivity index (χ0n) is 13.0. The lowest BCUT2D eigenvalue weighted by atomic mass is 10.2. The Kier molecular flexibility index (Phi) is 8.81. The molecule has 0 unspecified atom stereocenters. The first-order chi connectivity index (χ1) is 11.5. The number of hydrogen-bond donors (Lipinski definition) is 3. The Morgan fingerprint density at radius 3 is 2.04 bits per heavy atom. The molecule has 2 rings (SSSR count). The van der Waals surface area contributed by atoms with Crippen LogP contribution in [0.25, 0.3) is 5.70 Å². The highest BCUT2D eigenvalue weighted by Gasteiger charge is 2.02. The van der Waals surface area contributed by atoms with Crippen LogP contribution in [-0.4, -0.2) is 21.9 Å². The van der Waals surface area contributed by atoms with Crippen molar-refractivity contribution in [1.29, 1.82) is 10.8 Å². The summed E-state index contributed by atoms with van der Waals surface area (Å²) in [4.78, 5) is 7.85. The third kappa shape index (κ3) is 6.17. The van der Waals surface area contributed by atoms with Gasteiger partial charge in [-0.2, -0.15) is 0 Å². The van der Waals surface area contributed by atoms with E-state index in [1.54, 1.807) is 30.9 Å². The SMILES string of the molecule is C/C=C(/Br)C(=N)c1cccnc1.N=CC(Br)=C(N)c1cccnc1. The minimum Gasteiger partial charge on any atom is -0.397 e. The number of nitrogens with two attached hydrogens (primary N) is 1. The van der Waals surface area contributed by atoms with E-state index < -0.39 is 0 Å². The van der Waals surface area contributed by atoms with Crippen LogP contribution < -0.4 is 5.73 Å². The molecule has 24 heavy (non-hydrogen) atoms. The lowest BCUT2D eigenvalue weighted by molar-refractivity contribution is 1.30. The maximum atomic E-state index is 7.68. The van der Waals surface area contributed by atoms with Gasteiger partial charge in [0.25, 0.3) is 0 Å². The fourth-order valence-electron chi connectivity index (χ4n) is 1.53. The van der Waals surface area contributed by atoms with Gasteiger partial charge in [-0.3, -0.25) is 15.4 Å². The molecule has 5 nitrogen and oxygen atoms in total. The highest BCUT2D eigenvalue weighted by Crippen LogP contribution is 2.14. The second-order valence-corrected chi connectivity index (χ2v) is 6.11. The van der Waals surface area contributed by atoms with Crippen molar-refractivity contribution in [3.8, 4) is 0 Å². The molecule has 0 saturated heterocycles. The first kappa shape index (κ1) is 19.9. The van der Waals surface area contributed by atoms with Gasteiger partial charge in [-0.25, -0.2) is 0 Å². The Bertz CT molecular complexity index is 740. The van der Waals surface area contributed by atoms with Crippen molar-refractivity contribution in [1.82, 2.24) is 9.97 Å². The van der Waals surface area contributed by atoms with Crippen molar-refractivity contribution in [3.63, 3.8) is 0 Å². The molecule has 0 fully saturated rings. The lowest BCUT2D eigenvalue weighted by Gasteiger charge is -2.00. The Labute approximate surface area is 158 Å². The van der Waals surface area contributed by atoms with Gasteiger partial charge >= 0.3 is 0 Å². The van der Waals surface area contributed by atoms with Crippen LogP contribution in [0.4, 0.5) is 0 Å². The van der Waals surface area contributed by atoms with Gasteiger partial charge in [-0.05, 0) is 63.0 Å². The third-order valence-corrected chi connectivity index (χ3v) is 4.31. The summed E-state index contributed by atoms with van der Waals surface area (Å²) in [6.45, 7) is 1.88. The van der Waals surface area contributed by atoms with Gasteiger partial charge in [0.2, 0.25) is 0 Å². The smallest absolute Gasteiger partial charge is 0.0766 e. The van der Waals surface area contributed by atoms with Crippen molar-refractivity contribution in [2.75, 3.05) is 0 Å². The molecule has 0 spiro atoms. The number of hydrogen-bond acceptors (Lipinski definition) is 5. The van der Waals surface area contributed by atoms with Crippen molar-refractivity contribution in [3.05, 3.63) is 75.2 Å². The van der Waals surface area contributed by atoms with E-state index in [1.165, 1.54) is 0 Å². The van der Waals surface area contributed by atoms with Crippen LogP contribution in [0.2, 0.25) is 0 Å². The second kappa shape index (κ2) is 10.6. The number of rotatable bonds is 4. The van der Waals surface area contributed by atoms with E-state index in [-0.39, 0.29) is 0 Å². The van der Waals surface area contributed by atoms with Crippen LogP contribution in [0.5, 0.6) is 0 Å². The molecule has 124 valence electrons. The molecule has 0 amide bonds. The predicted octanol–water partition coefficient (Wildman–Crippen LogP) is 4.50. The summed E-state index contributed by atoms with van der Waals surface area (Å²) in [5.41, 5.74) is 8.31. The maximum Gasteiger partial charge on any atom is 0.0766 e. The van der Waals surface area contributed by atoms with Gasteiger partial charge in [0.05, 0.1) is 15.9 Å².